The summed E-state index contributed by atoms with van der Waals surface area (Å²) >= 11 is 1.68. The Labute approximate surface area is 174 Å². The number of benzene rings is 2. The van der Waals surface area contributed by atoms with Crippen LogP contribution >= 0.6 is 11.8 Å². The quantitative estimate of drug-likeness (QED) is 0.453. The molecule has 0 atom stereocenters. The van der Waals surface area contributed by atoms with Crippen molar-refractivity contribution in [1.29, 1.82) is 0 Å². The number of thioether (sulfide) groups is 1. The van der Waals surface area contributed by atoms with Crippen molar-refractivity contribution in [2.24, 2.45) is 0 Å². The van der Waals surface area contributed by atoms with Crippen LogP contribution in [-0.2, 0) is 23.5 Å². The molecule has 5 nitrogen and oxygen atoms in total. The van der Waals surface area contributed by atoms with Crippen molar-refractivity contribution in [2.45, 2.75) is 43.4 Å². The lowest BCUT2D eigenvalue weighted by Gasteiger charge is -2.31. The molecule has 3 heterocycles. The number of hydrogen-bond acceptors (Lipinski definition) is 5. The van der Waals surface area contributed by atoms with Gasteiger partial charge in [0.15, 0.2) is 10.8 Å². The molecule has 0 saturated heterocycles. The van der Waals surface area contributed by atoms with Crippen LogP contribution in [0.3, 0.4) is 0 Å². The maximum Gasteiger partial charge on any atom is 0.197 e. The molecule has 1 aliphatic heterocycles. The van der Waals surface area contributed by atoms with Gasteiger partial charge >= 0.3 is 0 Å². The molecule has 4 aromatic rings. The molecule has 6 heteroatoms. The normalized spacial score (nSPS) is 15.4. The average molecular weight is 403 g/mol. The van der Waals surface area contributed by atoms with Gasteiger partial charge in [-0.1, -0.05) is 72.4 Å². The zero-order valence-electron chi connectivity index (χ0n) is 16.5. The number of fused-ring (bicyclic) bond motifs is 3. The summed E-state index contributed by atoms with van der Waals surface area (Å²) < 4.78 is 8.14. The number of ether oxygens (including phenoxy) is 1. The van der Waals surface area contributed by atoms with E-state index in [-0.39, 0.29) is 5.60 Å². The zero-order valence-corrected chi connectivity index (χ0v) is 17.3. The predicted molar refractivity (Wildman–Crippen MR) is 115 cm³/mol. The highest BCUT2D eigenvalue weighted by molar-refractivity contribution is 7.98. The van der Waals surface area contributed by atoms with Gasteiger partial charge in [-0.05, 0) is 19.4 Å². The molecular weight excluding hydrogens is 380 g/mol. The van der Waals surface area contributed by atoms with Crippen LogP contribution in [0.1, 0.15) is 30.7 Å². The van der Waals surface area contributed by atoms with E-state index < -0.39 is 0 Å². The molecule has 29 heavy (non-hydrogen) atoms. The number of aromatic nitrogens is 4. The van der Waals surface area contributed by atoms with Gasteiger partial charge in [0, 0.05) is 23.3 Å². The zero-order chi connectivity index (χ0) is 19.8. The molecule has 0 spiro atoms. The molecule has 0 aliphatic carbocycles. The van der Waals surface area contributed by atoms with E-state index in [2.05, 4.69) is 64.8 Å². The van der Waals surface area contributed by atoms with Crippen LogP contribution in [-0.4, -0.2) is 25.2 Å². The second kappa shape index (κ2) is 7.28. The van der Waals surface area contributed by atoms with Crippen LogP contribution in [0.15, 0.2) is 65.8 Å². The van der Waals surface area contributed by atoms with E-state index in [0.717, 1.165) is 45.6 Å². The summed E-state index contributed by atoms with van der Waals surface area (Å²) in [5.74, 6) is 1.72. The summed E-state index contributed by atoms with van der Waals surface area (Å²) in [7, 11) is 0. The van der Waals surface area contributed by atoms with Gasteiger partial charge < -0.3 is 4.74 Å². The monoisotopic (exact) mass is 402 g/mol. The molecule has 146 valence electrons. The van der Waals surface area contributed by atoms with E-state index in [0.29, 0.717) is 6.61 Å². The van der Waals surface area contributed by atoms with Gasteiger partial charge in [0.1, 0.15) is 5.82 Å². The smallest absolute Gasteiger partial charge is 0.197 e. The number of rotatable bonds is 4. The van der Waals surface area contributed by atoms with Gasteiger partial charge in [-0.25, -0.2) is 4.98 Å². The minimum absolute atomic E-state index is 0.225. The molecule has 0 unspecified atom stereocenters. The Bertz CT molecular complexity index is 1160. The van der Waals surface area contributed by atoms with Gasteiger partial charge in [0.2, 0.25) is 0 Å². The van der Waals surface area contributed by atoms with E-state index in [1.54, 1.807) is 11.8 Å². The Morgan fingerprint density at radius 3 is 2.48 bits per heavy atom. The maximum atomic E-state index is 6.06. The Hall–Kier alpha value is -2.70. The Morgan fingerprint density at radius 2 is 1.72 bits per heavy atom. The van der Waals surface area contributed by atoms with Gasteiger partial charge in [0.05, 0.1) is 17.9 Å². The van der Waals surface area contributed by atoms with Crippen LogP contribution in [0.25, 0.3) is 17.0 Å². The summed E-state index contributed by atoms with van der Waals surface area (Å²) in [5, 5.41) is 9.92. The Kier molecular flexibility index (Phi) is 4.60. The van der Waals surface area contributed by atoms with Crippen molar-refractivity contribution >= 4 is 17.4 Å². The summed E-state index contributed by atoms with van der Waals surface area (Å²) in [5.41, 5.74) is 5.04. The molecule has 2 aromatic carbocycles. The summed E-state index contributed by atoms with van der Waals surface area (Å²) in [6.07, 6.45) is 0.762. The fourth-order valence-electron chi connectivity index (χ4n) is 3.64. The lowest BCUT2D eigenvalue weighted by molar-refractivity contribution is -0.0408. The maximum absolute atomic E-state index is 6.06. The third-order valence-electron chi connectivity index (χ3n) is 5.15. The standard InChI is InChI=1S/C23H22N4OS/c1-23(2)13-19-18(14-28-23)21-25-26-22(29-15-16-9-5-3-6-10-16)27(21)20(24-19)17-11-7-4-8-12-17/h3-12H,13-15H2,1-2H3. The molecule has 0 bridgehead atoms. The first-order valence-electron chi connectivity index (χ1n) is 9.74. The van der Waals surface area contributed by atoms with Gasteiger partial charge in [-0.3, -0.25) is 4.40 Å². The first-order valence-corrected chi connectivity index (χ1v) is 10.7. The molecule has 1 aliphatic rings. The first-order chi connectivity index (χ1) is 14.1. The van der Waals surface area contributed by atoms with Gasteiger partial charge in [0.25, 0.3) is 0 Å². The second-order valence-corrected chi connectivity index (χ2v) is 8.81. The van der Waals surface area contributed by atoms with Crippen LogP contribution in [0.5, 0.6) is 0 Å². The summed E-state index contributed by atoms with van der Waals surface area (Å²) in [6, 6.07) is 20.7. The van der Waals surface area contributed by atoms with E-state index >= 15 is 0 Å². The van der Waals surface area contributed by atoms with Gasteiger partial charge in [-0.15, -0.1) is 10.2 Å². The highest BCUT2D eigenvalue weighted by atomic mass is 32.2. The van der Waals surface area contributed by atoms with Crippen LogP contribution in [0.4, 0.5) is 0 Å². The Balaban J connectivity index is 1.64. The van der Waals surface area contributed by atoms with Crippen LogP contribution in [0.2, 0.25) is 0 Å². The van der Waals surface area contributed by atoms with Crippen molar-refractivity contribution in [3.8, 4) is 11.4 Å². The Morgan fingerprint density at radius 1 is 1.00 bits per heavy atom. The lowest BCUT2D eigenvalue weighted by Crippen LogP contribution is -2.33. The minimum Gasteiger partial charge on any atom is -0.370 e. The van der Waals surface area contributed by atoms with E-state index in [1.807, 2.05) is 24.3 Å². The van der Waals surface area contributed by atoms with Crippen molar-refractivity contribution < 1.29 is 4.74 Å². The highest BCUT2D eigenvalue weighted by Gasteiger charge is 2.31. The molecule has 0 saturated carbocycles. The topological polar surface area (TPSA) is 52.3 Å². The average Bonchev–Trinajstić information content (AvgIpc) is 3.16. The molecule has 0 amide bonds. The molecule has 0 radical (unpaired) electrons. The fraction of sp³-hybridized carbons (Fsp3) is 0.261. The van der Waals surface area contributed by atoms with Crippen molar-refractivity contribution in [3.05, 3.63) is 77.5 Å². The van der Waals surface area contributed by atoms with E-state index in [1.165, 1.54) is 5.56 Å². The third-order valence-corrected chi connectivity index (χ3v) is 6.15. The van der Waals surface area contributed by atoms with E-state index in [9.17, 15) is 0 Å². The predicted octanol–water partition coefficient (Wildman–Crippen LogP) is 4.93. The summed E-state index contributed by atoms with van der Waals surface area (Å²) in [6.45, 7) is 4.72. The SMILES string of the molecule is CC1(C)Cc2nc(-c3ccccc3)n3c(SCc4ccccc4)nnc3c2CO1. The largest absolute Gasteiger partial charge is 0.370 e. The molecule has 0 N–H and O–H groups in total. The lowest BCUT2D eigenvalue weighted by atomic mass is 9.96. The van der Waals surface area contributed by atoms with Crippen molar-refractivity contribution in [2.75, 3.05) is 0 Å². The third kappa shape index (κ3) is 3.54. The second-order valence-electron chi connectivity index (χ2n) is 7.87. The molecule has 5 rings (SSSR count). The number of hydrogen-bond donors (Lipinski definition) is 0. The van der Waals surface area contributed by atoms with Crippen molar-refractivity contribution in [3.63, 3.8) is 0 Å². The van der Waals surface area contributed by atoms with Crippen LogP contribution in [0, 0.1) is 0 Å². The summed E-state index contributed by atoms with van der Waals surface area (Å²) in [4.78, 5) is 5.08. The van der Waals surface area contributed by atoms with E-state index in [4.69, 9.17) is 9.72 Å². The van der Waals surface area contributed by atoms with Gasteiger partial charge in [-0.2, -0.15) is 0 Å². The molecular formula is C23H22N4OS. The minimum atomic E-state index is -0.225. The molecule has 0 fully saturated rings. The molecule has 2 aromatic heterocycles. The van der Waals surface area contributed by atoms with Crippen LogP contribution < -0.4 is 0 Å². The highest BCUT2D eigenvalue weighted by Crippen LogP contribution is 2.34. The number of nitrogens with zero attached hydrogens (tertiary/aromatic N) is 4. The fourth-order valence-corrected chi connectivity index (χ4v) is 4.53. The first kappa shape index (κ1) is 18.3. The van der Waals surface area contributed by atoms with Crippen molar-refractivity contribution in [1.82, 2.24) is 19.6 Å².